The lowest BCUT2D eigenvalue weighted by Gasteiger charge is -2.37. The first-order valence-corrected chi connectivity index (χ1v) is 12.0. The van der Waals surface area contributed by atoms with E-state index in [0.717, 1.165) is 43.5 Å². The molecular formula is C22H32N6O2S. The zero-order chi connectivity index (χ0) is 22.4. The van der Waals surface area contributed by atoms with Crippen LogP contribution in [0.25, 0.3) is 0 Å². The Morgan fingerprint density at radius 1 is 1.13 bits per heavy atom. The lowest BCUT2D eigenvalue weighted by atomic mass is 10.2. The minimum Gasteiger partial charge on any atom is -0.353 e. The number of rotatable bonds is 6. The number of guanidine groups is 1. The maximum absolute atomic E-state index is 12.6. The summed E-state index contributed by atoms with van der Waals surface area (Å²) in [6, 6.07) is 12.9. The Bertz CT molecular complexity index is 969. The first-order valence-electron chi connectivity index (χ1n) is 10.5. The van der Waals surface area contributed by atoms with Crippen molar-refractivity contribution in [3.8, 4) is 0 Å². The molecule has 0 saturated carbocycles. The molecule has 0 amide bonds. The maximum atomic E-state index is 12.6. The Kier molecular flexibility index (Phi) is 7.50. The molecule has 9 heteroatoms. The molecule has 2 heterocycles. The molecule has 2 aromatic rings. The summed E-state index contributed by atoms with van der Waals surface area (Å²) in [7, 11) is -0.0782. The second-order valence-electron chi connectivity index (χ2n) is 7.82. The number of nitrogens with zero attached hydrogens (tertiary/aromatic N) is 5. The molecule has 0 spiro atoms. The molecule has 0 aliphatic carbocycles. The van der Waals surface area contributed by atoms with Crippen molar-refractivity contribution >= 4 is 21.8 Å². The monoisotopic (exact) mass is 444 g/mol. The number of anilines is 1. The van der Waals surface area contributed by atoms with Crippen molar-refractivity contribution in [2.45, 2.75) is 31.3 Å². The van der Waals surface area contributed by atoms with Crippen LogP contribution in [0, 0.1) is 0 Å². The molecule has 1 N–H and O–H groups in total. The first-order chi connectivity index (χ1) is 14.8. The van der Waals surface area contributed by atoms with Gasteiger partial charge < -0.3 is 15.1 Å². The summed E-state index contributed by atoms with van der Waals surface area (Å²) in [4.78, 5) is 13.7. The van der Waals surface area contributed by atoms with E-state index in [9.17, 15) is 8.42 Å². The minimum absolute atomic E-state index is 0.0900. The molecule has 168 valence electrons. The van der Waals surface area contributed by atoms with Crippen LogP contribution < -0.4 is 10.2 Å². The van der Waals surface area contributed by atoms with Crippen LogP contribution in [0.5, 0.6) is 0 Å². The van der Waals surface area contributed by atoms with E-state index in [0.29, 0.717) is 11.4 Å². The molecule has 1 saturated heterocycles. The molecule has 0 atom stereocenters. The average Bonchev–Trinajstić information content (AvgIpc) is 2.80. The maximum Gasteiger partial charge on any atom is 0.243 e. The van der Waals surface area contributed by atoms with Crippen molar-refractivity contribution in [3.05, 3.63) is 54.2 Å². The highest BCUT2D eigenvalue weighted by Crippen LogP contribution is 2.17. The van der Waals surface area contributed by atoms with E-state index < -0.39 is 10.0 Å². The summed E-state index contributed by atoms with van der Waals surface area (Å²) >= 11 is 0. The third-order valence-electron chi connectivity index (χ3n) is 5.54. The van der Waals surface area contributed by atoms with Gasteiger partial charge in [-0.1, -0.05) is 18.2 Å². The van der Waals surface area contributed by atoms with Crippen molar-refractivity contribution in [1.82, 2.24) is 19.5 Å². The van der Waals surface area contributed by atoms with Crippen LogP contribution in [0.15, 0.2) is 58.5 Å². The fraction of sp³-hybridized carbons (Fsp3) is 0.455. The first kappa shape index (κ1) is 23.0. The lowest BCUT2D eigenvalue weighted by molar-refractivity contribution is 0.371. The average molecular weight is 445 g/mol. The van der Waals surface area contributed by atoms with Gasteiger partial charge in [-0.15, -0.1) is 0 Å². The van der Waals surface area contributed by atoms with Gasteiger partial charge in [0.15, 0.2) is 5.96 Å². The number of hydrogen-bond acceptors (Lipinski definition) is 5. The third-order valence-corrected chi connectivity index (χ3v) is 7.59. The van der Waals surface area contributed by atoms with Crippen molar-refractivity contribution in [2.24, 2.45) is 4.99 Å². The number of aliphatic imine (C=N–C) groups is 1. The van der Waals surface area contributed by atoms with Crippen LogP contribution in [-0.2, 0) is 16.6 Å². The SMILES string of the molecule is CN=C(NCc1ccc(S(=O)(=O)N(C)C(C)C)cc1)N1CCN(c2ccccn2)CC1. The van der Waals surface area contributed by atoms with Gasteiger partial charge in [0.25, 0.3) is 0 Å². The summed E-state index contributed by atoms with van der Waals surface area (Å²) in [6.07, 6.45) is 1.82. The number of sulfonamides is 1. The van der Waals surface area contributed by atoms with E-state index in [-0.39, 0.29) is 6.04 Å². The lowest BCUT2D eigenvalue weighted by Crippen LogP contribution is -2.52. The number of benzene rings is 1. The second-order valence-corrected chi connectivity index (χ2v) is 9.82. The van der Waals surface area contributed by atoms with Crippen LogP contribution in [0.2, 0.25) is 0 Å². The molecule has 1 aliphatic rings. The fourth-order valence-corrected chi connectivity index (χ4v) is 4.79. The Morgan fingerprint density at radius 3 is 2.35 bits per heavy atom. The molecule has 1 fully saturated rings. The van der Waals surface area contributed by atoms with Crippen LogP contribution in [0.1, 0.15) is 19.4 Å². The van der Waals surface area contributed by atoms with Gasteiger partial charge in [-0.05, 0) is 43.7 Å². The highest BCUT2D eigenvalue weighted by molar-refractivity contribution is 7.89. The van der Waals surface area contributed by atoms with E-state index in [4.69, 9.17) is 0 Å². The van der Waals surface area contributed by atoms with Gasteiger partial charge in [0, 0.05) is 59.1 Å². The van der Waals surface area contributed by atoms with E-state index in [1.165, 1.54) is 4.31 Å². The molecule has 31 heavy (non-hydrogen) atoms. The zero-order valence-corrected chi connectivity index (χ0v) is 19.5. The second kappa shape index (κ2) is 10.1. The van der Waals surface area contributed by atoms with Crippen LogP contribution in [0.3, 0.4) is 0 Å². The van der Waals surface area contributed by atoms with Gasteiger partial charge in [0.05, 0.1) is 4.90 Å². The van der Waals surface area contributed by atoms with E-state index >= 15 is 0 Å². The largest absolute Gasteiger partial charge is 0.353 e. The number of piperazine rings is 1. The quantitative estimate of drug-likeness (QED) is 0.542. The number of pyridine rings is 1. The summed E-state index contributed by atoms with van der Waals surface area (Å²) in [5.74, 6) is 1.85. The Balaban J connectivity index is 1.55. The van der Waals surface area contributed by atoms with Gasteiger partial charge in [-0.3, -0.25) is 4.99 Å². The fourth-order valence-electron chi connectivity index (χ4n) is 3.42. The van der Waals surface area contributed by atoms with Crippen molar-refractivity contribution in [2.75, 3.05) is 45.2 Å². The summed E-state index contributed by atoms with van der Waals surface area (Å²) in [6.45, 7) is 7.77. The topological polar surface area (TPSA) is 81.1 Å². The normalized spacial score (nSPS) is 15.6. The Hall–Kier alpha value is -2.65. The third kappa shape index (κ3) is 5.54. The van der Waals surface area contributed by atoms with E-state index in [2.05, 4.69) is 25.1 Å². The number of hydrogen-bond donors (Lipinski definition) is 1. The van der Waals surface area contributed by atoms with Crippen molar-refractivity contribution in [1.29, 1.82) is 0 Å². The predicted octanol–water partition coefficient (Wildman–Crippen LogP) is 2.01. The highest BCUT2D eigenvalue weighted by Gasteiger charge is 2.23. The van der Waals surface area contributed by atoms with Gasteiger partial charge in [0.2, 0.25) is 10.0 Å². The molecule has 1 aromatic heterocycles. The smallest absolute Gasteiger partial charge is 0.243 e. The van der Waals surface area contributed by atoms with Crippen LogP contribution in [-0.4, -0.2) is 74.9 Å². The van der Waals surface area contributed by atoms with Gasteiger partial charge >= 0.3 is 0 Å². The van der Waals surface area contributed by atoms with Crippen LogP contribution in [0.4, 0.5) is 5.82 Å². The van der Waals surface area contributed by atoms with Crippen LogP contribution >= 0.6 is 0 Å². The highest BCUT2D eigenvalue weighted by atomic mass is 32.2. The summed E-state index contributed by atoms with van der Waals surface area (Å²) < 4.78 is 26.6. The molecule has 3 rings (SSSR count). The number of aromatic nitrogens is 1. The summed E-state index contributed by atoms with van der Waals surface area (Å²) in [5, 5.41) is 3.39. The van der Waals surface area contributed by atoms with Gasteiger partial charge in [-0.25, -0.2) is 13.4 Å². The predicted molar refractivity (Wildman–Crippen MR) is 125 cm³/mol. The standard InChI is InChI=1S/C22H32N6O2S/c1-18(2)26(4)31(29,30)20-10-8-19(9-11-20)17-25-22(23-3)28-15-13-27(14-16-28)21-7-5-6-12-24-21/h5-12,18H,13-17H2,1-4H3,(H,23,25). The minimum atomic E-state index is -3.47. The van der Waals surface area contributed by atoms with E-state index in [1.807, 2.05) is 50.4 Å². The molecule has 0 bridgehead atoms. The molecule has 0 unspecified atom stereocenters. The van der Waals surface area contributed by atoms with Crippen molar-refractivity contribution in [3.63, 3.8) is 0 Å². The Morgan fingerprint density at radius 2 is 1.81 bits per heavy atom. The summed E-state index contributed by atoms with van der Waals surface area (Å²) in [5.41, 5.74) is 0.999. The molecular weight excluding hydrogens is 412 g/mol. The number of nitrogens with one attached hydrogen (secondary N) is 1. The molecule has 8 nitrogen and oxygen atoms in total. The van der Waals surface area contributed by atoms with Gasteiger partial charge in [-0.2, -0.15) is 4.31 Å². The van der Waals surface area contributed by atoms with Crippen molar-refractivity contribution < 1.29 is 8.42 Å². The Labute approximate surface area is 185 Å². The molecule has 1 aliphatic heterocycles. The van der Waals surface area contributed by atoms with Gasteiger partial charge in [0.1, 0.15) is 5.82 Å². The molecule has 1 aromatic carbocycles. The zero-order valence-electron chi connectivity index (χ0n) is 18.7. The van der Waals surface area contributed by atoms with E-state index in [1.54, 1.807) is 26.2 Å². The molecule has 0 radical (unpaired) electrons.